The van der Waals surface area contributed by atoms with Crippen LogP contribution in [-0.4, -0.2) is 44.8 Å². The molecular formula is C34H31ClN2O9S. The van der Waals surface area contributed by atoms with Gasteiger partial charge in [-0.3, -0.25) is 9.36 Å². The molecule has 0 spiro atoms. The van der Waals surface area contributed by atoms with Gasteiger partial charge >= 0.3 is 5.97 Å². The lowest BCUT2D eigenvalue weighted by Crippen LogP contribution is -2.39. The highest BCUT2D eigenvalue weighted by Crippen LogP contribution is 2.39. The number of aromatic nitrogens is 1. The van der Waals surface area contributed by atoms with E-state index in [1.54, 1.807) is 36.4 Å². The Morgan fingerprint density at radius 1 is 1.00 bits per heavy atom. The van der Waals surface area contributed by atoms with E-state index in [0.717, 1.165) is 5.56 Å². The molecule has 0 saturated carbocycles. The summed E-state index contributed by atoms with van der Waals surface area (Å²) in [4.78, 5) is 31.8. The van der Waals surface area contributed by atoms with Gasteiger partial charge in [-0.2, -0.15) is 0 Å². The lowest BCUT2D eigenvalue weighted by atomic mass is 9.97. The molecule has 2 aliphatic heterocycles. The molecule has 4 aromatic rings. The second-order valence-corrected chi connectivity index (χ2v) is 11.7. The number of fused-ring (bicyclic) bond motifs is 2. The molecule has 0 amide bonds. The van der Waals surface area contributed by atoms with E-state index in [-0.39, 0.29) is 24.5 Å². The van der Waals surface area contributed by atoms with Crippen LogP contribution in [0, 0.1) is 0 Å². The fraction of sp³-hybridized carbons (Fsp3) is 0.265. The number of thiazole rings is 1. The Bertz CT molecular complexity index is 2050. The molecule has 244 valence electrons. The van der Waals surface area contributed by atoms with Crippen molar-refractivity contribution in [1.82, 2.24) is 4.57 Å². The van der Waals surface area contributed by atoms with Crippen molar-refractivity contribution in [1.29, 1.82) is 0 Å². The summed E-state index contributed by atoms with van der Waals surface area (Å²) >= 11 is 7.86. The van der Waals surface area contributed by atoms with Gasteiger partial charge in [-0.25, -0.2) is 9.79 Å². The number of methoxy groups -OCH3 is 2. The molecule has 2 aliphatic rings. The maximum Gasteiger partial charge on any atom is 0.337 e. The predicted octanol–water partition coefficient (Wildman–Crippen LogP) is 4.79. The highest BCUT2D eigenvalue weighted by molar-refractivity contribution is 7.07. The molecule has 47 heavy (non-hydrogen) atoms. The van der Waals surface area contributed by atoms with Crippen molar-refractivity contribution in [2.75, 3.05) is 34.2 Å². The first kappa shape index (κ1) is 32.0. The third kappa shape index (κ3) is 6.38. The smallest absolute Gasteiger partial charge is 0.337 e. The first-order valence-corrected chi connectivity index (χ1v) is 15.9. The van der Waals surface area contributed by atoms with E-state index in [1.165, 1.54) is 36.3 Å². The first-order valence-electron chi connectivity index (χ1n) is 14.7. The molecule has 0 aliphatic carbocycles. The zero-order valence-electron chi connectivity index (χ0n) is 26.0. The van der Waals surface area contributed by atoms with Gasteiger partial charge in [0, 0.05) is 6.20 Å². The van der Waals surface area contributed by atoms with Crippen LogP contribution in [0.2, 0.25) is 5.02 Å². The van der Waals surface area contributed by atoms with Gasteiger partial charge in [-0.1, -0.05) is 35.1 Å². The van der Waals surface area contributed by atoms with Crippen molar-refractivity contribution in [2.24, 2.45) is 4.99 Å². The molecule has 3 heterocycles. The second kappa shape index (κ2) is 13.8. The molecule has 0 fully saturated rings. The SMILES string of the molecule is CCOc1ccc([C@@H]2C(C(=O)OC)=CN=c3s/c(=C\c4cc(Cl)c(OCc5ccc6c(c5)OCO6)c(OC)c4)c(=O)n32)cc1OCC. The zero-order chi connectivity index (χ0) is 33.1. The van der Waals surface area contributed by atoms with Crippen LogP contribution in [0.25, 0.3) is 6.08 Å². The maximum atomic E-state index is 14.0. The Morgan fingerprint density at radius 2 is 1.79 bits per heavy atom. The summed E-state index contributed by atoms with van der Waals surface area (Å²) in [6.45, 7) is 4.99. The zero-order valence-corrected chi connectivity index (χ0v) is 27.6. The summed E-state index contributed by atoms with van der Waals surface area (Å²) < 4.78 is 40.9. The molecule has 0 radical (unpaired) electrons. The second-order valence-electron chi connectivity index (χ2n) is 10.3. The monoisotopic (exact) mass is 678 g/mol. The van der Waals surface area contributed by atoms with Gasteiger partial charge in [0.1, 0.15) is 6.61 Å². The van der Waals surface area contributed by atoms with Crippen molar-refractivity contribution in [3.8, 4) is 34.5 Å². The lowest BCUT2D eigenvalue weighted by molar-refractivity contribution is -0.136. The fourth-order valence-corrected chi connectivity index (χ4v) is 6.53. The third-order valence-corrected chi connectivity index (χ3v) is 8.66. The fourth-order valence-electron chi connectivity index (χ4n) is 5.29. The molecule has 0 bridgehead atoms. The number of hydrogen-bond donors (Lipinski definition) is 0. The number of rotatable bonds is 11. The normalized spacial score (nSPS) is 15.0. The molecule has 1 aromatic heterocycles. The van der Waals surface area contributed by atoms with Crippen LogP contribution in [0.5, 0.6) is 34.5 Å². The standard InChI is InChI=1S/C34H31ClN2O9S/c1-5-42-24-10-8-21(15-27(24)43-6-2)30-22(33(39)41-4)16-36-34-37(30)32(38)29(47-34)14-20-11-23(35)31(28(13-20)40-3)44-17-19-7-9-25-26(12-19)46-18-45-25/h7-16,30H,5-6,17-18H2,1-4H3/b29-14-/t30-/m1/s1. The summed E-state index contributed by atoms with van der Waals surface area (Å²) in [5.74, 6) is 2.53. The number of esters is 1. The van der Waals surface area contributed by atoms with E-state index in [2.05, 4.69) is 4.99 Å². The molecular weight excluding hydrogens is 648 g/mol. The largest absolute Gasteiger partial charge is 0.493 e. The summed E-state index contributed by atoms with van der Waals surface area (Å²) in [7, 11) is 2.80. The van der Waals surface area contributed by atoms with Crippen molar-refractivity contribution in [3.63, 3.8) is 0 Å². The maximum absolute atomic E-state index is 14.0. The van der Waals surface area contributed by atoms with Crippen molar-refractivity contribution in [3.05, 3.63) is 102 Å². The Balaban J connectivity index is 1.36. The van der Waals surface area contributed by atoms with E-state index >= 15 is 0 Å². The Morgan fingerprint density at radius 3 is 2.55 bits per heavy atom. The summed E-state index contributed by atoms with van der Waals surface area (Å²) in [6.07, 6.45) is 3.14. The van der Waals surface area contributed by atoms with Crippen molar-refractivity contribution in [2.45, 2.75) is 26.5 Å². The predicted molar refractivity (Wildman–Crippen MR) is 175 cm³/mol. The number of carbonyl (C=O) groups excluding carboxylic acids is 1. The number of benzene rings is 3. The summed E-state index contributed by atoms with van der Waals surface area (Å²) in [6, 6.07) is 13.5. The number of halogens is 1. The van der Waals surface area contributed by atoms with Crippen LogP contribution in [0.4, 0.5) is 0 Å². The van der Waals surface area contributed by atoms with Crippen molar-refractivity contribution >= 4 is 35.0 Å². The van der Waals surface area contributed by atoms with Crippen LogP contribution >= 0.6 is 22.9 Å². The van der Waals surface area contributed by atoms with E-state index in [0.29, 0.717) is 73.2 Å². The van der Waals surface area contributed by atoms with Crippen LogP contribution in [-0.2, 0) is 16.1 Å². The molecule has 0 N–H and O–H groups in total. The minimum atomic E-state index is -0.819. The first-order chi connectivity index (χ1) is 22.8. The van der Waals surface area contributed by atoms with Gasteiger partial charge in [-0.05, 0) is 73.0 Å². The van der Waals surface area contributed by atoms with Crippen LogP contribution in [0.15, 0.2) is 70.1 Å². The van der Waals surface area contributed by atoms with Gasteiger partial charge in [0.05, 0.1) is 48.6 Å². The molecule has 0 unspecified atom stereocenters. The molecule has 11 nitrogen and oxygen atoms in total. The Kier molecular flexibility index (Phi) is 9.41. The third-order valence-electron chi connectivity index (χ3n) is 7.38. The number of ether oxygens (including phenoxy) is 7. The average Bonchev–Trinajstić information content (AvgIpc) is 3.67. The Labute approximate surface area is 278 Å². The van der Waals surface area contributed by atoms with Gasteiger partial charge in [-0.15, -0.1) is 0 Å². The summed E-state index contributed by atoms with van der Waals surface area (Å²) in [5.41, 5.74) is 1.95. The molecule has 3 aromatic carbocycles. The van der Waals surface area contributed by atoms with E-state index in [4.69, 9.17) is 44.8 Å². The summed E-state index contributed by atoms with van der Waals surface area (Å²) in [5, 5.41) is 0.299. The number of carbonyl (C=O) groups is 1. The quantitative estimate of drug-likeness (QED) is 0.207. The van der Waals surface area contributed by atoms with E-state index in [9.17, 15) is 9.59 Å². The molecule has 1 atom stereocenters. The minimum absolute atomic E-state index is 0.183. The van der Waals surface area contributed by atoms with Gasteiger partial charge in [0.15, 0.2) is 39.3 Å². The van der Waals surface area contributed by atoms with Crippen LogP contribution < -0.4 is 43.3 Å². The number of nitrogens with zero attached hydrogens (tertiary/aromatic N) is 2. The van der Waals surface area contributed by atoms with Gasteiger partial charge in [0.2, 0.25) is 6.79 Å². The highest BCUT2D eigenvalue weighted by atomic mass is 35.5. The number of hydrogen-bond acceptors (Lipinski definition) is 11. The van der Waals surface area contributed by atoms with E-state index in [1.807, 2.05) is 32.0 Å². The van der Waals surface area contributed by atoms with Crippen LogP contribution in [0.3, 0.4) is 0 Å². The van der Waals surface area contributed by atoms with Crippen molar-refractivity contribution < 1.29 is 38.0 Å². The van der Waals surface area contributed by atoms with E-state index < -0.39 is 12.0 Å². The minimum Gasteiger partial charge on any atom is -0.493 e. The van der Waals surface area contributed by atoms with Crippen LogP contribution in [0.1, 0.15) is 36.6 Å². The molecule has 6 rings (SSSR count). The van der Waals surface area contributed by atoms with Gasteiger partial charge < -0.3 is 33.2 Å². The van der Waals surface area contributed by atoms with Gasteiger partial charge in [0.25, 0.3) is 5.56 Å². The lowest BCUT2D eigenvalue weighted by Gasteiger charge is -2.23. The average molecular weight is 679 g/mol. The topological polar surface area (TPSA) is 116 Å². The highest BCUT2D eigenvalue weighted by Gasteiger charge is 2.31. The Hall–Kier alpha value is -4.94. The molecule has 0 saturated heterocycles. The molecule has 13 heteroatoms.